The van der Waals surface area contributed by atoms with E-state index < -0.39 is 0 Å². The summed E-state index contributed by atoms with van der Waals surface area (Å²) in [6.07, 6.45) is 2.42. The van der Waals surface area contributed by atoms with Gasteiger partial charge in [-0.2, -0.15) is 11.3 Å². The quantitative estimate of drug-likeness (QED) is 0.894. The monoisotopic (exact) mass is 287 g/mol. The average molecular weight is 287 g/mol. The van der Waals surface area contributed by atoms with Crippen molar-refractivity contribution in [2.75, 3.05) is 7.11 Å². The zero-order valence-electron chi connectivity index (χ0n) is 12.1. The highest BCUT2D eigenvalue weighted by Gasteiger charge is 2.31. The number of nitrogens with one attached hydrogen (secondary N) is 1. The van der Waals surface area contributed by atoms with Gasteiger partial charge in [-0.05, 0) is 59.2 Å². The van der Waals surface area contributed by atoms with Crippen LogP contribution in [0.25, 0.3) is 0 Å². The van der Waals surface area contributed by atoms with E-state index in [1.54, 1.807) is 18.4 Å². The van der Waals surface area contributed by atoms with E-state index in [2.05, 4.69) is 41.2 Å². The minimum absolute atomic E-state index is 0.643. The Morgan fingerprint density at radius 1 is 1.25 bits per heavy atom. The van der Waals surface area contributed by atoms with E-state index in [1.807, 2.05) is 6.07 Å². The Morgan fingerprint density at radius 2 is 2.05 bits per heavy atom. The number of ether oxygens (including phenoxy) is 1. The fraction of sp³-hybridized carbons (Fsp3) is 0.412. The topological polar surface area (TPSA) is 21.3 Å². The van der Waals surface area contributed by atoms with Crippen LogP contribution in [-0.2, 0) is 6.54 Å². The van der Waals surface area contributed by atoms with Gasteiger partial charge >= 0.3 is 0 Å². The maximum Gasteiger partial charge on any atom is 0.122 e. The lowest BCUT2D eigenvalue weighted by atomic mass is 9.75. The predicted octanol–water partition coefficient (Wildman–Crippen LogP) is 4.10. The Hall–Kier alpha value is -1.32. The highest BCUT2D eigenvalue weighted by molar-refractivity contribution is 7.08. The molecule has 2 aromatic rings. The lowest BCUT2D eigenvalue weighted by Crippen LogP contribution is -2.39. The molecule has 1 N–H and O–H groups in total. The van der Waals surface area contributed by atoms with Gasteiger partial charge in [0.1, 0.15) is 5.75 Å². The average Bonchev–Trinajstić information content (AvgIpc) is 2.83. The Kier molecular flexibility index (Phi) is 4.08. The van der Waals surface area contributed by atoms with Gasteiger partial charge in [0.15, 0.2) is 0 Å². The van der Waals surface area contributed by atoms with E-state index in [0.717, 1.165) is 12.3 Å². The summed E-state index contributed by atoms with van der Waals surface area (Å²) in [6.45, 7) is 3.19. The van der Waals surface area contributed by atoms with E-state index in [-0.39, 0.29) is 0 Å². The molecule has 0 amide bonds. The van der Waals surface area contributed by atoms with Gasteiger partial charge in [-0.15, -0.1) is 0 Å². The lowest BCUT2D eigenvalue weighted by molar-refractivity contribution is 0.282. The van der Waals surface area contributed by atoms with Crippen molar-refractivity contribution in [1.29, 1.82) is 0 Å². The van der Waals surface area contributed by atoms with Crippen molar-refractivity contribution in [1.82, 2.24) is 5.32 Å². The second-order valence-corrected chi connectivity index (χ2v) is 6.31. The number of thiophene rings is 1. The Morgan fingerprint density at radius 3 is 2.75 bits per heavy atom. The van der Waals surface area contributed by atoms with E-state index in [0.29, 0.717) is 12.0 Å². The standard InChI is InChI=1S/C17H21NOS/c1-12-10-20-11-14(12)9-18-15-7-13(8-15)16-5-3-4-6-17(16)19-2/h3-6,10-11,13,15,18H,7-9H2,1-2H3. The summed E-state index contributed by atoms with van der Waals surface area (Å²) in [4.78, 5) is 0. The molecule has 0 unspecified atom stereocenters. The van der Waals surface area contributed by atoms with Crippen LogP contribution in [-0.4, -0.2) is 13.2 Å². The molecule has 0 aliphatic heterocycles. The van der Waals surface area contributed by atoms with Gasteiger partial charge in [0, 0.05) is 12.6 Å². The number of hydrogen-bond donors (Lipinski definition) is 1. The first-order valence-electron chi connectivity index (χ1n) is 7.16. The molecule has 1 aliphatic rings. The summed E-state index contributed by atoms with van der Waals surface area (Å²) in [7, 11) is 1.76. The van der Waals surface area contributed by atoms with Crippen LogP contribution in [0.4, 0.5) is 0 Å². The number of hydrogen-bond acceptors (Lipinski definition) is 3. The molecule has 1 aromatic heterocycles. The zero-order chi connectivity index (χ0) is 13.9. The number of para-hydroxylation sites is 1. The van der Waals surface area contributed by atoms with E-state index in [4.69, 9.17) is 4.74 Å². The number of methoxy groups -OCH3 is 1. The third-order valence-corrected chi connectivity index (χ3v) is 5.17. The van der Waals surface area contributed by atoms with E-state index >= 15 is 0 Å². The van der Waals surface area contributed by atoms with Crippen molar-refractivity contribution < 1.29 is 4.74 Å². The van der Waals surface area contributed by atoms with Crippen LogP contribution >= 0.6 is 11.3 Å². The van der Waals surface area contributed by atoms with Crippen LogP contribution in [0.2, 0.25) is 0 Å². The third-order valence-electron chi connectivity index (χ3n) is 4.26. The Balaban J connectivity index is 1.53. The van der Waals surface area contributed by atoms with Gasteiger partial charge in [-0.1, -0.05) is 18.2 Å². The third kappa shape index (κ3) is 2.74. The predicted molar refractivity (Wildman–Crippen MR) is 84.7 cm³/mol. The van der Waals surface area contributed by atoms with Gasteiger partial charge < -0.3 is 10.1 Å². The molecule has 3 heteroatoms. The normalized spacial score (nSPS) is 21.5. The number of rotatable bonds is 5. The summed E-state index contributed by atoms with van der Waals surface area (Å²) in [5.74, 6) is 1.68. The SMILES string of the molecule is COc1ccccc1C1CC(NCc2cscc2C)C1. The van der Waals surface area contributed by atoms with E-state index in [1.165, 1.54) is 29.5 Å². The van der Waals surface area contributed by atoms with Gasteiger partial charge in [-0.3, -0.25) is 0 Å². The summed E-state index contributed by atoms with van der Waals surface area (Å²) in [5.41, 5.74) is 4.21. The highest BCUT2D eigenvalue weighted by atomic mass is 32.1. The molecule has 0 atom stereocenters. The van der Waals surface area contributed by atoms with Crippen molar-refractivity contribution >= 4 is 11.3 Å². The molecule has 2 nitrogen and oxygen atoms in total. The van der Waals surface area contributed by atoms with Crippen LogP contribution < -0.4 is 10.1 Å². The first-order valence-corrected chi connectivity index (χ1v) is 8.10. The first-order chi connectivity index (χ1) is 9.78. The van der Waals surface area contributed by atoms with Crippen LogP contribution in [0.5, 0.6) is 5.75 Å². The molecule has 0 radical (unpaired) electrons. The molecule has 1 fully saturated rings. The summed E-state index contributed by atoms with van der Waals surface area (Å²) in [5, 5.41) is 8.13. The fourth-order valence-electron chi connectivity index (χ4n) is 2.86. The van der Waals surface area contributed by atoms with Gasteiger partial charge in [-0.25, -0.2) is 0 Å². The highest BCUT2D eigenvalue weighted by Crippen LogP contribution is 2.41. The van der Waals surface area contributed by atoms with Crippen molar-refractivity contribution in [3.05, 3.63) is 51.7 Å². The van der Waals surface area contributed by atoms with Gasteiger partial charge in [0.25, 0.3) is 0 Å². The smallest absolute Gasteiger partial charge is 0.122 e. The molecule has 20 heavy (non-hydrogen) atoms. The summed E-state index contributed by atoms with van der Waals surface area (Å²) < 4.78 is 5.45. The molecule has 1 saturated carbocycles. The lowest BCUT2D eigenvalue weighted by Gasteiger charge is -2.37. The number of benzene rings is 1. The molecule has 1 heterocycles. The zero-order valence-corrected chi connectivity index (χ0v) is 12.9. The Labute approximate surface area is 124 Å². The number of aryl methyl sites for hydroxylation is 1. The maximum atomic E-state index is 5.45. The van der Waals surface area contributed by atoms with Gasteiger partial charge in [0.05, 0.1) is 7.11 Å². The fourth-order valence-corrected chi connectivity index (χ4v) is 3.72. The van der Waals surface area contributed by atoms with Crippen molar-refractivity contribution in [2.45, 2.75) is 38.3 Å². The Bertz CT molecular complexity index is 572. The molecule has 1 aromatic carbocycles. The minimum Gasteiger partial charge on any atom is -0.496 e. The molecule has 0 spiro atoms. The molecule has 0 saturated heterocycles. The molecular formula is C17H21NOS. The molecular weight excluding hydrogens is 266 g/mol. The van der Waals surface area contributed by atoms with Crippen LogP contribution in [0, 0.1) is 6.92 Å². The molecule has 106 valence electrons. The second-order valence-electron chi connectivity index (χ2n) is 5.57. The largest absolute Gasteiger partial charge is 0.496 e. The van der Waals surface area contributed by atoms with E-state index in [9.17, 15) is 0 Å². The first kappa shape index (κ1) is 13.7. The van der Waals surface area contributed by atoms with Crippen LogP contribution in [0.15, 0.2) is 35.0 Å². The van der Waals surface area contributed by atoms with Gasteiger partial charge in [0.2, 0.25) is 0 Å². The van der Waals surface area contributed by atoms with Crippen LogP contribution in [0.3, 0.4) is 0 Å². The summed E-state index contributed by atoms with van der Waals surface area (Å²) >= 11 is 1.79. The molecule has 3 rings (SSSR count). The molecule has 1 aliphatic carbocycles. The second kappa shape index (κ2) is 5.98. The van der Waals surface area contributed by atoms with Crippen molar-refractivity contribution in [3.8, 4) is 5.75 Å². The molecule has 0 bridgehead atoms. The maximum absolute atomic E-state index is 5.45. The van der Waals surface area contributed by atoms with Crippen LogP contribution in [0.1, 0.15) is 35.4 Å². The summed E-state index contributed by atoms with van der Waals surface area (Å²) in [6, 6.07) is 9.04. The minimum atomic E-state index is 0.643. The van der Waals surface area contributed by atoms with Crippen molar-refractivity contribution in [3.63, 3.8) is 0 Å². The van der Waals surface area contributed by atoms with Crippen molar-refractivity contribution in [2.24, 2.45) is 0 Å².